The third-order valence-electron chi connectivity index (χ3n) is 2.20. The summed E-state index contributed by atoms with van der Waals surface area (Å²) < 4.78 is 10.5. The van der Waals surface area contributed by atoms with Crippen LogP contribution in [-0.4, -0.2) is 22.8 Å². The van der Waals surface area contributed by atoms with E-state index in [2.05, 4.69) is 24.0 Å². The monoisotopic (exact) mass is 227 g/mol. The SMILES string of the molecule is COC(c1noc(CC(C)(C)N)n1)C(C)C. The molecule has 0 saturated carbocycles. The topological polar surface area (TPSA) is 74.2 Å². The lowest BCUT2D eigenvalue weighted by atomic mass is 10.0. The van der Waals surface area contributed by atoms with Gasteiger partial charge in [-0.3, -0.25) is 0 Å². The zero-order valence-corrected chi connectivity index (χ0v) is 10.7. The molecular formula is C11H21N3O2. The molecular weight excluding hydrogens is 206 g/mol. The second-order valence-corrected chi connectivity index (χ2v) is 5.11. The van der Waals surface area contributed by atoms with Crippen LogP contribution in [0.3, 0.4) is 0 Å². The van der Waals surface area contributed by atoms with Crippen LogP contribution < -0.4 is 5.73 Å². The van der Waals surface area contributed by atoms with E-state index in [1.165, 1.54) is 0 Å². The van der Waals surface area contributed by atoms with Crippen LogP contribution in [0.1, 0.15) is 45.5 Å². The van der Waals surface area contributed by atoms with E-state index in [-0.39, 0.29) is 11.6 Å². The summed E-state index contributed by atoms with van der Waals surface area (Å²) in [5, 5.41) is 3.93. The van der Waals surface area contributed by atoms with Crippen LogP contribution in [0.2, 0.25) is 0 Å². The number of methoxy groups -OCH3 is 1. The number of nitrogens with two attached hydrogens (primary N) is 1. The molecule has 1 heterocycles. The molecule has 0 bridgehead atoms. The van der Waals surface area contributed by atoms with Crippen LogP contribution in [0.15, 0.2) is 4.52 Å². The molecule has 1 aromatic rings. The summed E-state index contributed by atoms with van der Waals surface area (Å²) in [6.07, 6.45) is 0.438. The van der Waals surface area contributed by atoms with E-state index in [0.29, 0.717) is 24.1 Å². The smallest absolute Gasteiger partial charge is 0.228 e. The fraction of sp³-hybridized carbons (Fsp3) is 0.818. The maximum absolute atomic E-state index is 5.89. The molecule has 5 heteroatoms. The molecule has 0 aliphatic rings. The highest BCUT2D eigenvalue weighted by Crippen LogP contribution is 2.22. The highest BCUT2D eigenvalue weighted by molar-refractivity contribution is 4.96. The van der Waals surface area contributed by atoms with E-state index in [1.54, 1.807) is 7.11 Å². The molecule has 1 atom stereocenters. The number of ether oxygens (including phenoxy) is 1. The Morgan fingerprint density at radius 2 is 2.06 bits per heavy atom. The predicted molar refractivity (Wildman–Crippen MR) is 60.9 cm³/mol. The number of aromatic nitrogens is 2. The minimum atomic E-state index is -0.343. The fourth-order valence-corrected chi connectivity index (χ4v) is 1.52. The van der Waals surface area contributed by atoms with Crippen molar-refractivity contribution < 1.29 is 9.26 Å². The molecule has 1 aromatic heterocycles. The number of hydrogen-bond donors (Lipinski definition) is 1. The first kappa shape index (κ1) is 13.1. The Bertz CT molecular complexity index is 328. The van der Waals surface area contributed by atoms with Crippen molar-refractivity contribution in [2.24, 2.45) is 11.7 Å². The molecule has 0 aliphatic heterocycles. The van der Waals surface area contributed by atoms with Crippen molar-refractivity contribution in [2.75, 3.05) is 7.11 Å². The van der Waals surface area contributed by atoms with Gasteiger partial charge in [-0.1, -0.05) is 19.0 Å². The number of hydrogen-bond acceptors (Lipinski definition) is 5. The van der Waals surface area contributed by atoms with Gasteiger partial charge in [0.1, 0.15) is 6.10 Å². The zero-order valence-electron chi connectivity index (χ0n) is 10.7. The van der Waals surface area contributed by atoms with Crippen molar-refractivity contribution in [3.63, 3.8) is 0 Å². The van der Waals surface area contributed by atoms with Crippen LogP contribution >= 0.6 is 0 Å². The van der Waals surface area contributed by atoms with Crippen molar-refractivity contribution >= 4 is 0 Å². The average Bonchev–Trinajstić information content (AvgIpc) is 2.50. The normalized spacial score (nSPS) is 14.4. The maximum Gasteiger partial charge on any atom is 0.228 e. The summed E-state index contributed by atoms with van der Waals surface area (Å²) in [6.45, 7) is 7.95. The van der Waals surface area contributed by atoms with E-state index in [1.807, 2.05) is 13.8 Å². The van der Waals surface area contributed by atoms with Gasteiger partial charge in [0, 0.05) is 19.1 Å². The molecule has 5 nitrogen and oxygen atoms in total. The maximum atomic E-state index is 5.89. The largest absolute Gasteiger partial charge is 0.373 e. The van der Waals surface area contributed by atoms with E-state index in [0.717, 1.165) is 0 Å². The molecule has 16 heavy (non-hydrogen) atoms. The van der Waals surface area contributed by atoms with Gasteiger partial charge in [0.2, 0.25) is 11.7 Å². The number of nitrogens with zero attached hydrogens (tertiary/aromatic N) is 2. The fourth-order valence-electron chi connectivity index (χ4n) is 1.52. The lowest BCUT2D eigenvalue weighted by molar-refractivity contribution is 0.0555. The highest BCUT2D eigenvalue weighted by atomic mass is 16.5. The van der Waals surface area contributed by atoms with Crippen molar-refractivity contribution in [2.45, 2.75) is 45.8 Å². The molecule has 92 valence electrons. The molecule has 0 aromatic carbocycles. The van der Waals surface area contributed by atoms with E-state index >= 15 is 0 Å². The van der Waals surface area contributed by atoms with Gasteiger partial charge in [-0.25, -0.2) is 0 Å². The summed E-state index contributed by atoms with van der Waals surface area (Å²) in [7, 11) is 1.65. The Morgan fingerprint density at radius 3 is 2.50 bits per heavy atom. The van der Waals surface area contributed by atoms with Gasteiger partial charge in [0.05, 0.1) is 0 Å². The van der Waals surface area contributed by atoms with Crippen molar-refractivity contribution in [3.8, 4) is 0 Å². The lowest BCUT2D eigenvalue weighted by Gasteiger charge is -2.15. The molecule has 0 fully saturated rings. The summed E-state index contributed by atoms with van der Waals surface area (Å²) in [5.74, 6) is 1.46. The lowest BCUT2D eigenvalue weighted by Crippen LogP contribution is -2.34. The molecule has 2 N–H and O–H groups in total. The third kappa shape index (κ3) is 3.57. The molecule has 0 aliphatic carbocycles. The molecule has 0 radical (unpaired) electrons. The van der Waals surface area contributed by atoms with Crippen molar-refractivity contribution in [1.82, 2.24) is 10.1 Å². The second-order valence-electron chi connectivity index (χ2n) is 5.11. The minimum Gasteiger partial charge on any atom is -0.373 e. The molecule has 0 amide bonds. The Balaban J connectivity index is 2.78. The van der Waals surface area contributed by atoms with E-state index in [9.17, 15) is 0 Å². The Labute approximate surface area is 96.4 Å². The average molecular weight is 227 g/mol. The second kappa shape index (κ2) is 4.93. The quantitative estimate of drug-likeness (QED) is 0.828. The molecule has 1 rings (SSSR count). The summed E-state index contributed by atoms with van der Waals surface area (Å²) in [4.78, 5) is 4.31. The molecule has 0 spiro atoms. The van der Waals surface area contributed by atoms with Crippen molar-refractivity contribution in [3.05, 3.63) is 11.7 Å². The van der Waals surface area contributed by atoms with E-state index in [4.69, 9.17) is 15.0 Å². The summed E-state index contributed by atoms with van der Waals surface area (Å²) >= 11 is 0. The van der Waals surface area contributed by atoms with Crippen LogP contribution in [0.4, 0.5) is 0 Å². The van der Waals surface area contributed by atoms with Gasteiger partial charge < -0.3 is 15.0 Å². The van der Waals surface area contributed by atoms with Gasteiger partial charge in [-0.15, -0.1) is 0 Å². The Hall–Kier alpha value is -0.940. The van der Waals surface area contributed by atoms with Crippen LogP contribution in [-0.2, 0) is 11.2 Å². The van der Waals surface area contributed by atoms with Gasteiger partial charge in [-0.05, 0) is 19.8 Å². The van der Waals surface area contributed by atoms with E-state index < -0.39 is 0 Å². The third-order valence-corrected chi connectivity index (χ3v) is 2.20. The first-order chi connectivity index (χ1) is 7.33. The van der Waals surface area contributed by atoms with Crippen molar-refractivity contribution in [1.29, 1.82) is 0 Å². The number of rotatable bonds is 5. The van der Waals surface area contributed by atoms with Gasteiger partial charge in [0.25, 0.3) is 0 Å². The standard InChI is InChI=1S/C11H21N3O2/c1-7(2)9(15-5)10-13-8(16-14-10)6-11(3,4)12/h7,9H,6,12H2,1-5H3. The first-order valence-corrected chi connectivity index (χ1v) is 5.47. The Morgan fingerprint density at radius 1 is 1.44 bits per heavy atom. The highest BCUT2D eigenvalue weighted by Gasteiger charge is 2.23. The van der Waals surface area contributed by atoms with Gasteiger partial charge in [-0.2, -0.15) is 4.98 Å². The Kier molecular flexibility index (Phi) is 4.04. The van der Waals surface area contributed by atoms with Gasteiger partial charge >= 0.3 is 0 Å². The van der Waals surface area contributed by atoms with Crippen LogP contribution in [0.5, 0.6) is 0 Å². The minimum absolute atomic E-state index is 0.126. The van der Waals surface area contributed by atoms with Gasteiger partial charge in [0.15, 0.2) is 0 Å². The molecule has 0 saturated heterocycles. The predicted octanol–water partition coefficient (Wildman–Crippen LogP) is 1.69. The zero-order chi connectivity index (χ0) is 12.3. The summed E-state index contributed by atoms with van der Waals surface area (Å²) in [5.41, 5.74) is 5.54. The molecule has 1 unspecified atom stereocenters. The van der Waals surface area contributed by atoms with Crippen LogP contribution in [0.25, 0.3) is 0 Å². The first-order valence-electron chi connectivity index (χ1n) is 5.47. The van der Waals surface area contributed by atoms with Crippen LogP contribution in [0, 0.1) is 5.92 Å². The summed E-state index contributed by atoms with van der Waals surface area (Å²) in [6, 6.07) is 0.